The van der Waals surface area contributed by atoms with Crippen LogP contribution in [0.15, 0.2) is 4.79 Å². The Morgan fingerprint density at radius 3 is 2.68 bits per heavy atom. The third kappa shape index (κ3) is 4.49. The van der Waals surface area contributed by atoms with Crippen molar-refractivity contribution >= 4 is 11.9 Å². The highest BCUT2D eigenvalue weighted by atomic mass is 16.5. The predicted octanol–water partition coefficient (Wildman–Crippen LogP) is 1.21. The number of carbonyl (C=O) groups excluding carboxylic acids is 2. The lowest BCUT2D eigenvalue weighted by molar-refractivity contribution is -0.146. The van der Waals surface area contributed by atoms with E-state index in [0.717, 1.165) is 18.7 Å². The summed E-state index contributed by atoms with van der Waals surface area (Å²) in [6, 6.07) is 0.0195. The van der Waals surface area contributed by atoms with Crippen LogP contribution >= 0.6 is 0 Å². The van der Waals surface area contributed by atoms with Gasteiger partial charge in [0.15, 0.2) is 0 Å². The maximum atomic E-state index is 12.4. The Hall–Kier alpha value is -2.12. The molecule has 0 saturated carbocycles. The molecule has 8 nitrogen and oxygen atoms in total. The van der Waals surface area contributed by atoms with Gasteiger partial charge in [0.2, 0.25) is 5.91 Å². The van der Waals surface area contributed by atoms with E-state index in [-0.39, 0.29) is 42.4 Å². The lowest BCUT2D eigenvalue weighted by Gasteiger charge is -2.32. The van der Waals surface area contributed by atoms with Crippen molar-refractivity contribution in [2.75, 3.05) is 19.7 Å². The highest BCUT2D eigenvalue weighted by Crippen LogP contribution is 2.26. The molecular weight excluding hydrogens is 324 g/mol. The summed E-state index contributed by atoms with van der Waals surface area (Å²) >= 11 is 0. The minimum Gasteiger partial charge on any atom is -0.466 e. The van der Waals surface area contributed by atoms with Gasteiger partial charge < -0.3 is 9.64 Å². The third-order valence-electron chi connectivity index (χ3n) is 4.49. The van der Waals surface area contributed by atoms with Crippen LogP contribution in [-0.2, 0) is 21.4 Å². The van der Waals surface area contributed by atoms with Crippen molar-refractivity contribution in [3.05, 3.63) is 16.3 Å². The van der Waals surface area contributed by atoms with E-state index in [1.165, 1.54) is 4.68 Å². The van der Waals surface area contributed by atoms with Gasteiger partial charge in [-0.15, -0.1) is 0 Å². The van der Waals surface area contributed by atoms with Crippen LogP contribution in [0.25, 0.3) is 0 Å². The number of esters is 1. The summed E-state index contributed by atoms with van der Waals surface area (Å²) in [4.78, 5) is 37.9. The Balaban J connectivity index is 2.06. The smallest absolute Gasteiger partial charge is 0.345 e. The predicted molar refractivity (Wildman–Crippen MR) is 92.3 cm³/mol. The molecule has 1 saturated heterocycles. The van der Waals surface area contributed by atoms with Crippen LogP contribution < -0.4 is 5.69 Å². The molecule has 0 aromatic carbocycles. The number of rotatable bonds is 6. The van der Waals surface area contributed by atoms with Gasteiger partial charge in [0.1, 0.15) is 5.82 Å². The monoisotopic (exact) mass is 352 g/mol. The fraction of sp³-hybridized carbons (Fsp3) is 0.765. The van der Waals surface area contributed by atoms with Crippen molar-refractivity contribution in [1.29, 1.82) is 0 Å². The quantitative estimate of drug-likeness (QED) is 0.718. The van der Waals surface area contributed by atoms with Crippen LogP contribution in [0.2, 0.25) is 0 Å². The number of hydrogen-bond acceptors (Lipinski definition) is 5. The average Bonchev–Trinajstić information content (AvgIpc) is 2.88. The highest BCUT2D eigenvalue weighted by molar-refractivity contribution is 5.81. The zero-order valence-electron chi connectivity index (χ0n) is 15.5. The number of aryl methyl sites for hydroxylation is 1. The second kappa shape index (κ2) is 8.31. The molecule has 1 aliphatic rings. The minimum absolute atomic E-state index is 0.0195. The maximum Gasteiger partial charge on any atom is 0.345 e. The van der Waals surface area contributed by atoms with Crippen molar-refractivity contribution in [2.24, 2.45) is 7.05 Å². The maximum absolute atomic E-state index is 12.4. The van der Waals surface area contributed by atoms with E-state index in [1.54, 1.807) is 23.4 Å². The molecule has 0 N–H and O–H groups in total. The Labute approximate surface area is 147 Å². The van der Waals surface area contributed by atoms with Gasteiger partial charge in [0, 0.05) is 38.5 Å². The number of piperidine rings is 1. The fourth-order valence-electron chi connectivity index (χ4n) is 3.28. The first-order valence-corrected chi connectivity index (χ1v) is 8.94. The van der Waals surface area contributed by atoms with Crippen LogP contribution in [0.1, 0.15) is 64.2 Å². The minimum atomic E-state index is -0.345. The van der Waals surface area contributed by atoms with Gasteiger partial charge in [-0.25, -0.2) is 9.48 Å². The molecule has 0 radical (unpaired) electrons. The highest BCUT2D eigenvalue weighted by Gasteiger charge is 2.29. The largest absolute Gasteiger partial charge is 0.466 e. The zero-order valence-corrected chi connectivity index (χ0v) is 15.5. The van der Waals surface area contributed by atoms with E-state index in [2.05, 4.69) is 5.10 Å². The van der Waals surface area contributed by atoms with Gasteiger partial charge in [0.05, 0.1) is 13.0 Å². The molecule has 1 fully saturated rings. The molecule has 1 aromatic heterocycles. The first-order valence-electron chi connectivity index (χ1n) is 8.94. The molecule has 140 valence electrons. The van der Waals surface area contributed by atoms with Crippen molar-refractivity contribution in [3.8, 4) is 0 Å². The first-order chi connectivity index (χ1) is 11.8. The summed E-state index contributed by atoms with van der Waals surface area (Å²) < 4.78 is 7.93. The second-order valence-corrected chi connectivity index (χ2v) is 6.71. The molecule has 1 amide bonds. The summed E-state index contributed by atoms with van der Waals surface area (Å²) in [5.41, 5.74) is -0.129. The normalized spacial score (nSPS) is 17.8. The molecule has 2 rings (SSSR count). The van der Waals surface area contributed by atoms with E-state index >= 15 is 0 Å². The van der Waals surface area contributed by atoms with E-state index < -0.39 is 0 Å². The van der Waals surface area contributed by atoms with E-state index in [9.17, 15) is 14.4 Å². The standard InChI is InChI=1S/C17H28N4O4/c1-5-25-15(23)9-8-14(22)20-10-6-7-13(11-20)16-18-19(4)17(24)21(16)12(2)3/h12-13H,5-11H2,1-4H3. The van der Waals surface area contributed by atoms with E-state index in [0.29, 0.717) is 19.7 Å². The van der Waals surface area contributed by atoms with Gasteiger partial charge in [-0.2, -0.15) is 5.10 Å². The van der Waals surface area contributed by atoms with Crippen LogP contribution in [0.3, 0.4) is 0 Å². The van der Waals surface area contributed by atoms with Crippen LogP contribution in [0, 0.1) is 0 Å². The summed E-state index contributed by atoms with van der Waals surface area (Å²) in [5, 5.41) is 4.40. The van der Waals surface area contributed by atoms with E-state index in [1.807, 2.05) is 13.8 Å². The number of amides is 1. The lowest BCUT2D eigenvalue weighted by Crippen LogP contribution is -2.40. The molecule has 1 unspecified atom stereocenters. The van der Waals surface area contributed by atoms with Gasteiger partial charge >= 0.3 is 11.7 Å². The molecule has 0 bridgehead atoms. The zero-order chi connectivity index (χ0) is 18.6. The Morgan fingerprint density at radius 2 is 2.04 bits per heavy atom. The first kappa shape index (κ1) is 19.2. The lowest BCUT2D eigenvalue weighted by atomic mass is 9.96. The van der Waals surface area contributed by atoms with Crippen molar-refractivity contribution in [3.63, 3.8) is 0 Å². The fourth-order valence-corrected chi connectivity index (χ4v) is 3.28. The average molecular weight is 352 g/mol. The summed E-state index contributed by atoms with van der Waals surface area (Å²) in [6.07, 6.45) is 2.02. The number of likely N-dealkylation sites (tertiary alicyclic amines) is 1. The van der Waals surface area contributed by atoms with Gasteiger partial charge in [-0.05, 0) is 33.6 Å². The van der Waals surface area contributed by atoms with Gasteiger partial charge in [0.25, 0.3) is 0 Å². The molecule has 0 spiro atoms. The number of carbonyl (C=O) groups is 2. The Bertz CT molecular complexity index is 677. The number of ether oxygens (including phenoxy) is 1. The molecular formula is C17H28N4O4. The third-order valence-corrected chi connectivity index (χ3v) is 4.49. The van der Waals surface area contributed by atoms with Crippen LogP contribution in [-0.4, -0.2) is 50.8 Å². The van der Waals surface area contributed by atoms with Gasteiger partial charge in [-0.3, -0.25) is 14.2 Å². The summed E-state index contributed by atoms with van der Waals surface area (Å²) in [7, 11) is 1.65. The molecule has 1 aliphatic heterocycles. The topological polar surface area (TPSA) is 86.4 Å². The number of hydrogen-bond donors (Lipinski definition) is 0. The second-order valence-electron chi connectivity index (χ2n) is 6.71. The number of aromatic nitrogens is 3. The van der Waals surface area contributed by atoms with Crippen molar-refractivity contribution in [1.82, 2.24) is 19.2 Å². The van der Waals surface area contributed by atoms with E-state index in [4.69, 9.17) is 4.74 Å². The van der Waals surface area contributed by atoms with Crippen molar-refractivity contribution in [2.45, 2.75) is 58.4 Å². The SMILES string of the molecule is CCOC(=O)CCC(=O)N1CCCC(c2nn(C)c(=O)n2C(C)C)C1. The van der Waals surface area contributed by atoms with Gasteiger partial charge in [-0.1, -0.05) is 0 Å². The number of nitrogens with zero attached hydrogens (tertiary/aromatic N) is 4. The summed E-state index contributed by atoms with van der Waals surface area (Å²) in [5.74, 6) is 0.386. The molecule has 2 heterocycles. The van der Waals surface area contributed by atoms with Crippen LogP contribution in [0.5, 0.6) is 0 Å². The Morgan fingerprint density at radius 1 is 1.32 bits per heavy atom. The molecule has 8 heteroatoms. The molecule has 25 heavy (non-hydrogen) atoms. The van der Waals surface area contributed by atoms with Crippen LogP contribution in [0.4, 0.5) is 0 Å². The molecule has 1 aromatic rings. The molecule has 1 atom stereocenters. The summed E-state index contributed by atoms with van der Waals surface area (Å²) in [6.45, 7) is 7.19. The molecule has 0 aliphatic carbocycles. The Kier molecular flexibility index (Phi) is 6.39. The van der Waals surface area contributed by atoms with Crippen molar-refractivity contribution < 1.29 is 14.3 Å².